The fourth-order valence-electron chi connectivity index (χ4n) is 2.11. The van der Waals surface area contributed by atoms with E-state index in [2.05, 4.69) is 17.1 Å². The van der Waals surface area contributed by atoms with E-state index in [1.54, 1.807) is 0 Å². The first-order chi connectivity index (χ1) is 11.3. The van der Waals surface area contributed by atoms with Crippen molar-refractivity contribution in [3.63, 3.8) is 0 Å². The summed E-state index contributed by atoms with van der Waals surface area (Å²) in [4.78, 5) is 14.1. The number of aromatic nitrogens is 2. The molecule has 1 aromatic carbocycles. The van der Waals surface area contributed by atoms with Crippen molar-refractivity contribution in [3.8, 4) is 0 Å². The van der Waals surface area contributed by atoms with Crippen molar-refractivity contribution in [2.45, 2.75) is 52.6 Å². The molecule has 24 heavy (non-hydrogen) atoms. The molecule has 0 atom stereocenters. The van der Waals surface area contributed by atoms with Crippen LogP contribution in [0.25, 0.3) is 0 Å². The predicted molar refractivity (Wildman–Crippen MR) is 101 cm³/mol. The van der Waals surface area contributed by atoms with Gasteiger partial charge in [0.15, 0.2) is 3.95 Å². The quantitative estimate of drug-likeness (QED) is 0.699. The Morgan fingerprint density at radius 2 is 2.00 bits per heavy atom. The lowest BCUT2D eigenvalue weighted by molar-refractivity contribution is 0.0599. The minimum absolute atomic E-state index is 0.468. The first-order valence-corrected chi connectivity index (χ1v) is 9.20. The van der Waals surface area contributed by atoms with Gasteiger partial charge in [0.1, 0.15) is 5.60 Å². The maximum atomic E-state index is 12.6. The number of carbonyl (C=O) groups is 1. The second-order valence-corrected chi connectivity index (χ2v) is 8.13. The van der Waals surface area contributed by atoms with Crippen molar-refractivity contribution in [2.24, 2.45) is 0 Å². The highest BCUT2D eigenvalue weighted by molar-refractivity contribution is 7.73. The van der Waals surface area contributed by atoms with Gasteiger partial charge in [0.2, 0.25) is 5.13 Å². The SMILES string of the molecule is CCCCc1ccc(N(C(=O)OC(C)(C)C)c2n[nH]c(=S)s2)cc1. The zero-order valence-corrected chi connectivity index (χ0v) is 16.1. The summed E-state index contributed by atoms with van der Waals surface area (Å²) in [5.74, 6) is 0. The third-order valence-corrected chi connectivity index (χ3v) is 4.28. The molecule has 0 spiro atoms. The molecule has 0 saturated heterocycles. The molecule has 0 aliphatic heterocycles. The van der Waals surface area contributed by atoms with Crippen molar-refractivity contribution in [2.75, 3.05) is 4.90 Å². The minimum Gasteiger partial charge on any atom is -0.443 e. The summed E-state index contributed by atoms with van der Waals surface area (Å²) < 4.78 is 6.03. The van der Waals surface area contributed by atoms with Gasteiger partial charge in [-0.1, -0.05) is 36.8 Å². The van der Waals surface area contributed by atoms with E-state index in [0.29, 0.717) is 14.8 Å². The Morgan fingerprint density at radius 1 is 1.33 bits per heavy atom. The summed E-state index contributed by atoms with van der Waals surface area (Å²) in [6.07, 6.45) is 2.87. The summed E-state index contributed by atoms with van der Waals surface area (Å²) in [6.45, 7) is 7.68. The second kappa shape index (κ2) is 7.90. The summed E-state index contributed by atoms with van der Waals surface area (Å²) in [5, 5.41) is 7.31. The van der Waals surface area contributed by atoms with Crippen LogP contribution in [0.3, 0.4) is 0 Å². The third kappa shape index (κ3) is 5.14. The Morgan fingerprint density at radius 3 is 2.50 bits per heavy atom. The van der Waals surface area contributed by atoms with Crippen LogP contribution in [-0.2, 0) is 11.2 Å². The number of nitrogens with one attached hydrogen (secondary N) is 1. The van der Waals surface area contributed by atoms with E-state index in [9.17, 15) is 4.79 Å². The molecule has 0 aliphatic carbocycles. The smallest absolute Gasteiger partial charge is 0.421 e. The average molecular weight is 366 g/mol. The van der Waals surface area contributed by atoms with Crippen LogP contribution in [-0.4, -0.2) is 21.9 Å². The lowest BCUT2D eigenvalue weighted by Gasteiger charge is -2.25. The fourth-order valence-corrected chi connectivity index (χ4v) is 3.00. The van der Waals surface area contributed by atoms with Crippen LogP contribution < -0.4 is 4.90 Å². The first kappa shape index (κ1) is 18.6. The molecular formula is C17H23N3O2S2. The summed E-state index contributed by atoms with van der Waals surface area (Å²) in [6, 6.07) is 7.90. The number of unbranched alkanes of at least 4 members (excludes halogenated alkanes) is 1. The summed E-state index contributed by atoms with van der Waals surface area (Å²) in [5.41, 5.74) is 1.37. The molecule has 1 N–H and O–H groups in total. The topological polar surface area (TPSA) is 58.2 Å². The molecule has 1 amide bonds. The highest BCUT2D eigenvalue weighted by Gasteiger charge is 2.27. The van der Waals surface area contributed by atoms with E-state index in [1.165, 1.54) is 21.8 Å². The number of ether oxygens (including phenoxy) is 1. The van der Waals surface area contributed by atoms with Crippen molar-refractivity contribution in [3.05, 3.63) is 33.8 Å². The summed E-state index contributed by atoms with van der Waals surface area (Å²) >= 11 is 6.32. The molecule has 0 saturated carbocycles. The fraction of sp³-hybridized carbons (Fsp3) is 0.471. The van der Waals surface area contributed by atoms with Crippen molar-refractivity contribution >= 4 is 40.5 Å². The molecule has 0 bridgehead atoms. The molecule has 0 aliphatic rings. The van der Waals surface area contributed by atoms with Gasteiger partial charge in [-0.25, -0.2) is 9.69 Å². The number of hydrogen-bond acceptors (Lipinski definition) is 5. The van der Waals surface area contributed by atoms with Crippen molar-refractivity contribution in [1.82, 2.24) is 10.2 Å². The van der Waals surface area contributed by atoms with E-state index >= 15 is 0 Å². The monoisotopic (exact) mass is 365 g/mol. The zero-order valence-electron chi connectivity index (χ0n) is 14.5. The lowest BCUT2D eigenvalue weighted by Crippen LogP contribution is -2.33. The Bertz CT molecular complexity index is 729. The van der Waals surface area contributed by atoms with E-state index in [0.717, 1.165) is 19.3 Å². The highest BCUT2D eigenvalue weighted by atomic mass is 32.1. The normalized spacial score (nSPS) is 11.3. The highest BCUT2D eigenvalue weighted by Crippen LogP contribution is 2.29. The number of carbonyl (C=O) groups excluding carboxylic acids is 1. The van der Waals surface area contributed by atoms with Gasteiger partial charge in [-0.3, -0.25) is 5.10 Å². The molecule has 2 aromatic rings. The van der Waals surface area contributed by atoms with Gasteiger partial charge in [0, 0.05) is 0 Å². The largest absolute Gasteiger partial charge is 0.443 e. The van der Waals surface area contributed by atoms with E-state index in [1.807, 2.05) is 45.0 Å². The predicted octanol–water partition coefficient (Wildman–Crippen LogP) is 5.62. The Kier molecular flexibility index (Phi) is 6.12. The second-order valence-electron chi connectivity index (χ2n) is 6.48. The Balaban J connectivity index is 2.32. The molecule has 1 heterocycles. The Hall–Kier alpha value is -1.73. The van der Waals surface area contributed by atoms with Gasteiger partial charge >= 0.3 is 6.09 Å². The molecule has 0 unspecified atom stereocenters. The third-order valence-electron chi connectivity index (χ3n) is 3.21. The number of H-pyrrole nitrogens is 1. The van der Waals surface area contributed by atoms with Crippen LogP contribution in [0.2, 0.25) is 0 Å². The lowest BCUT2D eigenvalue weighted by atomic mass is 10.1. The molecular weight excluding hydrogens is 342 g/mol. The van der Waals surface area contributed by atoms with Gasteiger partial charge in [0.25, 0.3) is 0 Å². The summed E-state index contributed by atoms with van der Waals surface area (Å²) in [7, 11) is 0. The number of aromatic amines is 1. The number of rotatable bonds is 5. The maximum Gasteiger partial charge on any atom is 0.421 e. The van der Waals surface area contributed by atoms with Crippen LogP contribution in [0.15, 0.2) is 24.3 Å². The molecule has 130 valence electrons. The van der Waals surface area contributed by atoms with E-state index < -0.39 is 11.7 Å². The van der Waals surface area contributed by atoms with Crippen molar-refractivity contribution in [1.29, 1.82) is 0 Å². The van der Waals surface area contributed by atoms with Crippen LogP contribution >= 0.6 is 23.6 Å². The van der Waals surface area contributed by atoms with Gasteiger partial charge < -0.3 is 4.74 Å². The van der Waals surface area contributed by atoms with Gasteiger partial charge in [-0.2, -0.15) is 0 Å². The molecule has 2 rings (SSSR count). The number of nitrogens with zero attached hydrogens (tertiary/aromatic N) is 2. The van der Waals surface area contributed by atoms with Gasteiger partial charge in [-0.15, -0.1) is 5.10 Å². The Labute approximate surface area is 151 Å². The number of hydrogen-bond donors (Lipinski definition) is 1. The van der Waals surface area contributed by atoms with Crippen LogP contribution in [0.4, 0.5) is 15.6 Å². The molecule has 0 fully saturated rings. The van der Waals surface area contributed by atoms with Crippen LogP contribution in [0, 0.1) is 3.95 Å². The minimum atomic E-state index is -0.589. The number of benzene rings is 1. The van der Waals surface area contributed by atoms with E-state index in [4.69, 9.17) is 17.0 Å². The number of anilines is 2. The number of amides is 1. The van der Waals surface area contributed by atoms with E-state index in [-0.39, 0.29) is 0 Å². The first-order valence-electron chi connectivity index (χ1n) is 7.97. The van der Waals surface area contributed by atoms with Gasteiger partial charge in [-0.05, 0) is 63.5 Å². The zero-order chi connectivity index (χ0) is 17.7. The standard InChI is InChI=1S/C17H23N3O2S2/c1-5-6-7-12-8-10-13(11-9-12)20(14-18-19-15(23)24-14)16(21)22-17(2,3)4/h8-11H,5-7H2,1-4H3,(H,19,23). The molecule has 1 aromatic heterocycles. The van der Waals surface area contributed by atoms with Crippen LogP contribution in [0.5, 0.6) is 0 Å². The molecule has 5 nitrogen and oxygen atoms in total. The van der Waals surface area contributed by atoms with Gasteiger partial charge in [0.05, 0.1) is 5.69 Å². The average Bonchev–Trinajstić information content (AvgIpc) is 2.91. The number of aryl methyl sites for hydroxylation is 1. The maximum absolute atomic E-state index is 12.6. The molecule has 0 radical (unpaired) electrons. The van der Waals surface area contributed by atoms with Crippen molar-refractivity contribution < 1.29 is 9.53 Å². The van der Waals surface area contributed by atoms with Crippen LogP contribution in [0.1, 0.15) is 46.1 Å². The molecule has 7 heteroatoms.